The van der Waals surface area contributed by atoms with Gasteiger partial charge in [-0.2, -0.15) is 0 Å². The zero-order chi connectivity index (χ0) is 13.3. The van der Waals surface area contributed by atoms with Gasteiger partial charge < -0.3 is 10.2 Å². The average Bonchev–Trinajstić information content (AvgIpc) is 2.31. The Bertz CT molecular complexity index is 465. The quantitative estimate of drug-likeness (QED) is 0.865. The van der Waals surface area contributed by atoms with Gasteiger partial charge in [0, 0.05) is 25.2 Å². The summed E-state index contributed by atoms with van der Waals surface area (Å²) in [6.07, 6.45) is 0. The van der Waals surface area contributed by atoms with E-state index in [1.165, 1.54) is 0 Å². The molecule has 1 fully saturated rings. The van der Waals surface area contributed by atoms with Crippen LogP contribution < -0.4 is 5.32 Å². The van der Waals surface area contributed by atoms with Crippen LogP contribution in [-0.4, -0.2) is 36.0 Å². The molecule has 2 unspecified atom stereocenters. The van der Waals surface area contributed by atoms with Crippen molar-refractivity contribution in [2.24, 2.45) is 0 Å². The third kappa shape index (κ3) is 3.62. The summed E-state index contributed by atoms with van der Waals surface area (Å²) in [5, 5.41) is 3.91. The van der Waals surface area contributed by atoms with Gasteiger partial charge >= 0.3 is 0 Å². The van der Waals surface area contributed by atoms with Crippen molar-refractivity contribution in [1.82, 2.24) is 10.2 Å². The first kappa shape index (κ1) is 16.3. The van der Waals surface area contributed by atoms with Gasteiger partial charge in [0.15, 0.2) is 0 Å². The lowest BCUT2D eigenvalue weighted by molar-refractivity contribution is 0.0616. The summed E-state index contributed by atoms with van der Waals surface area (Å²) in [7, 11) is 0. The fourth-order valence-corrected chi connectivity index (χ4v) is 2.57. The predicted molar refractivity (Wildman–Crippen MR) is 81.4 cm³/mol. The molecule has 2 rings (SSSR count). The molecule has 0 spiro atoms. The number of nitrogens with one attached hydrogen (secondary N) is 1. The number of nitrogens with zero attached hydrogens (tertiary/aromatic N) is 1. The van der Waals surface area contributed by atoms with Gasteiger partial charge in [-0.05, 0) is 38.5 Å². The number of carbonyl (C=O) groups is 1. The van der Waals surface area contributed by atoms with E-state index >= 15 is 0 Å². The number of hydrogen-bond acceptors (Lipinski definition) is 2. The molecular formula is C14H20Cl2N2O. The Hall–Kier alpha value is -0.770. The maximum atomic E-state index is 12.5. The number of carbonyl (C=O) groups excluding carboxylic acids is 1. The average molecular weight is 303 g/mol. The molecule has 1 heterocycles. The first-order valence-corrected chi connectivity index (χ1v) is 6.67. The number of halogens is 2. The number of aryl methyl sites for hydroxylation is 1. The fourth-order valence-electron chi connectivity index (χ4n) is 2.25. The number of piperazine rings is 1. The zero-order valence-electron chi connectivity index (χ0n) is 11.4. The Labute approximate surface area is 125 Å². The Kier molecular flexibility index (Phi) is 5.65. The smallest absolute Gasteiger partial charge is 0.255 e. The molecule has 1 aliphatic heterocycles. The lowest BCUT2D eigenvalue weighted by Crippen LogP contribution is -2.56. The van der Waals surface area contributed by atoms with E-state index in [1.807, 2.05) is 30.0 Å². The van der Waals surface area contributed by atoms with Gasteiger partial charge in [-0.25, -0.2) is 0 Å². The van der Waals surface area contributed by atoms with Crippen molar-refractivity contribution in [2.75, 3.05) is 13.1 Å². The molecule has 0 aliphatic carbocycles. The highest BCUT2D eigenvalue weighted by molar-refractivity contribution is 6.33. The lowest BCUT2D eigenvalue weighted by Gasteiger charge is -2.37. The first-order valence-electron chi connectivity index (χ1n) is 6.29. The second-order valence-electron chi connectivity index (χ2n) is 5.10. The molecule has 106 valence electrons. The van der Waals surface area contributed by atoms with Crippen molar-refractivity contribution in [3.63, 3.8) is 0 Å². The molecule has 0 aromatic heterocycles. The summed E-state index contributed by atoms with van der Waals surface area (Å²) < 4.78 is 0. The largest absolute Gasteiger partial charge is 0.333 e. The van der Waals surface area contributed by atoms with Gasteiger partial charge in [0.25, 0.3) is 5.91 Å². The van der Waals surface area contributed by atoms with E-state index in [4.69, 9.17) is 11.6 Å². The van der Waals surface area contributed by atoms with Gasteiger partial charge in [-0.15, -0.1) is 12.4 Å². The van der Waals surface area contributed by atoms with Gasteiger partial charge in [0.2, 0.25) is 0 Å². The molecule has 5 heteroatoms. The molecule has 0 saturated carbocycles. The monoisotopic (exact) mass is 302 g/mol. The Morgan fingerprint density at radius 2 is 2.11 bits per heavy atom. The maximum Gasteiger partial charge on any atom is 0.255 e. The summed E-state index contributed by atoms with van der Waals surface area (Å²) in [6, 6.07) is 6.11. The van der Waals surface area contributed by atoms with E-state index in [0.29, 0.717) is 16.6 Å². The predicted octanol–water partition coefficient (Wildman–Crippen LogP) is 2.89. The standard InChI is InChI=1S/C14H19ClN2O.ClH/c1-9-4-5-12(13(15)6-9)14(18)17-8-10(2)16-7-11(17)3;/h4-6,10-11,16H,7-8H2,1-3H3;1H. The first-order chi connectivity index (χ1) is 8.49. The van der Waals surface area contributed by atoms with Crippen LogP contribution in [0.5, 0.6) is 0 Å². The topological polar surface area (TPSA) is 32.3 Å². The van der Waals surface area contributed by atoms with Crippen molar-refractivity contribution in [1.29, 1.82) is 0 Å². The molecule has 0 bridgehead atoms. The van der Waals surface area contributed by atoms with Crippen LogP contribution in [0, 0.1) is 6.92 Å². The van der Waals surface area contributed by atoms with E-state index in [0.717, 1.165) is 18.7 Å². The van der Waals surface area contributed by atoms with Gasteiger partial charge in [-0.3, -0.25) is 4.79 Å². The molecule has 1 N–H and O–H groups in total. The molecule has 19 heavy (non-hydrogen) atoms. The van der Waals surface area contributed by atoms with Crippen LogP contribution in [0.1, 0.15) is 29.8 Å². The second-order valence-corrected chi connectivity index (χ2v) is 5.51. The van der Waals surface area contributed by atoms with Crippen LogP contribution >= 0.6 is 24.0 Å². The molecule has 1 aliphatic rings. The maximum absolute atomic E-state index is 12.5. The third-order valence-electron chi connectivity index (χ3n) is 3.38. The minimum absolute atomic E-state index is 0. The van der Waals surface area contributed by atoms with Crippen molar-refractivity contribution < 1.29 is 4.79 Å². The summed E-state index contributed by atoms with van der Waals surface area (Å²) >= 11 is 6.16. The van der Waals surface area contributed by atoms with Crippen LogP contribution in [0.4, 0.5) is 0 Å². The Balaban J connectivity index is 0.00000180. The minimum Gasteiger partial charge on any atom is -0.333 e. The van der Waals surface area contributed by atoms with Crippen LogP contribution in [0.15, 0.2) is 18.2 Å². The Morgan fingerprint density at radius 3 is 2.74 bits per heavy atom. The van der Waals surface area contributed by atoms with Crippen LogP contribution in [0.2, 0.25) is 5.02 Å². The SMILES string of the molecule is Cc1ccc(C(=O)N2CC(C)NCC2C)c(Cl)c1.Cl. The minimum atomic E-state index is 0. The van der Waals surface area contributed by atoms with Crippen molar-refractivity contribution in [2.45, 2.75) is 32.9 Å². The van der Waals surface area contributed by atoms with Crippen molar-refractivity contribution >= 4 is 29.9 Å². The molecule has 1 aromatic rings. The fraction of sp³-hybridized carbons (Fsp3) is 0.500. The van der Waals surface area contributed by atoms with E-state index in [9.17, 15) is 4.79 Å². The van der Waals surface area contributed by atoms with E-state index in [2.05, 4.69) is 19.2 Å². The molecule has 1 aromatic carbocycles. The van der Waals surface area contributed by atoms with E-state index in [1.54, 1.807) is 0 Å². The van der Waals surface area contributed by atoms with Crippen LogP contribution in [-0.2, 0) is 0 Å². The highest BCUT2D eigenvalue weighted by Crippen LogP contribution is 2.21. The molecule has 3 nitrogen and oxygen atoms in total. The van der Waals surface area contributed by atoms with Crippen LogP contribution in [0.3, 0.4) is 0 Å². The summed E-state index contributed by atoms with van der Waals surface area (Å²) in [5.41, 5.74) is 1.67. The summed E-state index contributed by atoms with van der Waals surface area (Å²) in [5.74, 6) is 0.0286. The molecule has 0 radical (unpaired) electrons. The van der Waals surface area contributed by atoms with Crippen molar-refractivity contribution in [3.8, 4) is 0 Å². The van der Waals surface area contributed by atoms with E-state index < -0.39 is 0 Å². The third-order valence-corrected chi connectivity index (χ3v) is 3.69. The van der Waals surface area contributed by atoms with Gasteiger partial charge in [0.05, 0.1) is 10.6 Å². The van der Waals surface area contributed by atoms with Gasteiger partial charge in [0.1, 0.15) is 0 Å². The Morgan fingerprint density at radius 1 is 1.42 bits per heavy atom. The molecule has 1 amide bonds. The van der Waals surface area contributed by atoms with E-state index in [-0.39, 0.29) is 24.4 Å². The number of hydrogen-bond donors (Lipinski definition) is 1. The highest BCUT2D eigenvalue weighted by Gasteiger charge is 2.28. The lowest BCUT2D eigenvalue weighted by atomic mass is 10.1. The highest BCUT2D eigenvalue weighted by atomic mass is 35.5. The summed E-state index contributed by atoms with van der Waals surface area (Å²) in [6.45, 7) is 7.66. The molecular weight excluding hydrogens is 283 g/mol. The zero-order valence-corrected chi connectivity index (χ0v) is 13.0. The second kappa shape index (κ2) is 6.60. The normalized spacial score (nSPS) is 22.8. The molecule has 2 atom stereocenters. The van der Waals surface area contributed by atoms with Crippen LogP contribution in [0.25, 0.3) is 0 Å². The van der Waals surface area contributed by atoms with Gasteiger partial charge in [-0.1, -0.05) is 17.7 Å². The number of benzene rings is 1. The number of amides is 1. The molecule has 1 saturated heterocycles. The number of rotatable bonds is 1. The summed E-state index contributed by atoms with van der Waals surface area (Å²) in [4.78, 5) is 14.4. The van der Waals surface area contributed by atoms with Crippen molar-refractivity contribution in [3.05, 3.63) is 34.3 Å².